The zero-order valence-corrected chi connectivity index (χ0v) is 12.7. The first kappa shape index (κ1) is 13.2. The van der Waals surface area contributed by atoms with E-state index in [1.807, 2.05) is 62.4 Å². The van der Waals surface area contributed by atoms with Crippen molar-refractivity contribution in [3.8, 4) is 5.75 Å². The first-order chi connectivity index (χ1) is 10.6. The Balaban J connectivity index is 1.82. The van der Waals surface area contributed by atoms with Crippen LogP contribution in [0.5, 0.6) is 5.75 Å². The molecule has 1 saturated heterocycles. The van der Waals surface area contributed by atoms with Crippen molar-refractivity contribution in [2.24, 2.45) is 0 Å². The molecule has 0 aromatic heterocycles. The molecule has 112 valence electrons. The van der Waals surface area contributed by atoms with E-state index in [0.717, 1.165) is 29.0 Å². The molecule has 2 bridgehead atoms. The molecule has 0 radical (unpaired) electrons. The lowest BCUT2D eigenvalue weighted by Crippen LogP contribution is -2.65. The van der Waals surface area contributed by atoms with E-state index in [1.165, 1.54) is 0 Å². The predicted molar refractivity (Wildman–Crippen MR) is 85.0 cm³/mol. The minimum atomic E-state index is -0.671. The SMILES string of the molecule is Cc1cccc(N2C(=O)N[C@H]3C[C@@]2(C)Oc2ccccc23)c1. The molecular formula is C18H18N2O2. The summed E-state index contributed by atoms with van der Waals surface area (Å²) in [6.07, 6.45) is 0.726. The number of ether oxygens (including phenoxy) is 1. The average Bonchev–Trinajstić information content (AvgIpc) is 2.46. The van der Waals surface area contributed by atoms with Gasteiger partial charge in [0.1, 0.15) is 5.75 Å². The number of amides is 2. The van der Waals surface area contributed by atoms with Gasteiger partial charge in [0.05, 0.1) is 6.04 Å². The van der Waals surface area contributed by atoms with E-state index in [-0.39, 0.29) is 12.1 Å². The lowest BCUT2D eigenvalue weighted by molar-refractivity contribution is 0.0379. The van der Waals surface area contributed by atoms with Crippen molar-refractivity contribution in [2.75, 3.05) is 4.90 Å². The zero-order valence-electron chi connectivity index (χ0n) is 12.7. The highest BCUT2D eigenvalue weighted by Gasteiger charge is 2.49. The second kappa shape index (κ2) is 4.50. The number of rotatable bonds is 1. The Hall–Kier alpha value is -2.49. The summed E-state index contributed by atoms with van der Waals surface area (Å²) in [5.74, 6) is 0.846. The minimum absolute atomic E-state index is 0.00325. The lowest BCUT2D eigenvalue weighted by Gasteiger charge is -2.50. The van der Waals surface area contributed by atoms with E-state index in [0.29, 0.717) is 0 Å². The summed E-state index contributed by atoms with van der Waals surface area (Å²) in [4.78, 5) is 14.4. The topological polar surface area (TPSA) is 41.6 Å². The van der Waals surface area contributed by atoms with Gasteiger partial charge in [-0.25, -0.2) is 4.79 Å². The third-order valence-corrected chi connectivity index (χ3v) is 4.44. The molecule has 2 atom stereocenters. The molecule has 2 aliphatic heterocycles. The van der Waals surface area contributed by atoms with Crippen LogP contribution in [-0.2, 0) is 0 Å². The maximum atomic E-state index is 12.7. The molecule has 22 heavy (non-hydrogen) atoms. The van der Waals surface area contributed by atoms with Gasteiger partial charge in [0.15, 0.2) is 5.72 Å². The van der Waals surface area contributed by atoms with Crippen molar-refractivity contribution in [1.82, 2.24) is 5.32 Å². The molecule has 1 N–H and O–H groups in total. The summed E-state index contributed by atoms with van der Waals surface area (Å²) in [5, 5.41) is 3.10. The highest BCUT2D eigenvalue weighted by Crippen LogP contribution is 2.45. The van der Waals surface area contributed by atoms with Crippen molar-refractivity contribution in [3.63, 3.8) is 0 Å². The fourth-order valence-corrected chi connectivity index (χ4v) is 3.48. The van der Waals surface area contributed by atoms with E-state index < -0.39 is 5.72 Å². The first-order valence-corrected chi connectivity index (χ1v) is 7.52. The molecule has 4 rings (SSSR count). The summed E-state index contributed by atoms with van der Waals surface area (Å²) >= 11 is 0. The van der Waals surface area contributed by atoms with E-state index in [1.54, 1.807) is 4.90 Å². The van der Waals surface area contributed by atoms with Gasteiger partial charge in [0, 0.05) is 17.7 Å². The summed E-state index contributed by atoms with van der Waals surface area (Å²) < 4.78 is 6.23. The van der Waals surface area contributed by atoms with Gasteiger partial charge in [-0.3, -0.25) is 4.90 Å². The first-order valence-electron chi connectivity index (χ1n) is 7.52. The van der Waals surface area contributed by atoms with Crippen LogP contribution in [0.25, 0.3) is 0 Å². The Bertz CT molecular complexity index is 758. The van der Waals surface area contributed by atoms with Crippen molar-refractivity contribution >= 4 is 11.7 Å². The van der Waals surface area contributed by atoms with Gasteiger partial charge < -0.3 is 10.1 Å². The van der Waals surface area contributed by atoms with Crippen LogP contribution in [0, 0.1) is 6.92 Å². The van der Waals surface area contributed by atoms with Crippen LogP contribution in [-0.4, -0.2) is 11.8 Å². The lowest BCUT2D eigenvalue weighted by atomic mass is 9.90. The number of nitrogens with one attached hydrogen (secondary N) is 1. The predicted octanol–water partition coefficient (Wildman–Crippen LogP) is 3.76. The number of hydrogen-bond acceptors (Lipinski definition) is 2. The van der Waals surface area contributed by atoms with Gasteiger partial charge in [-0.1, -0.05) is 30.3 Å². The van der Waals surface area contributed by atoms with E-state index in [2.05, 4.69) is 5.32 Å². The number of benzene rings is 2. The van der Waals surface area contributed by atoms with Crippen LogP contribution in [0.15, 0.2) is 48.5 Å². The largest absolute Gasteiger partial charge is 0.467 e. The van der Waals surface area contributed by atoms with E-state index in [9.17, 15) is 4.79 Å². The third-order valence-electron chi connectivity index (χ3n) is 4.44. The number of carbonyl (C=O) groups excluding carboxylic acids is 1. The minimum Gasteiger partial charge on any atom is -0.467 e. The summed E-state index contributed by atoms with van der Waals surface area (Å²) in [6.45, 7) is 4.00. The molecule has 0 aliphatic carbocycles. The molecular weight excluding hydrogens is 276 g/mol. The number of hydrogen-bond donors (Lipinski definition) is 1. The Morgan fingerprint density at radius 1 is 1.23 bits per heavy atom. The van der Waals surface area contributed by atoms with Gasteiger partial charge in [0.25, 0.3) is 0 Å². The van der Waals surface area contributed by atoms with Crippen LogP contribution in [0.4, 0.5) is 10.5 Å². The molecule has 2 aromatic rings. The summed E-state index contributed by atoms with van der Waals surface area (Å²) in [6, 6.07) is 15.7. The number of aryl methyl sites for hydroxylation is 1. The Morgan fingerprint density at radius 2 is 2.05 bits per heavy atom. The molecule has 0 spiro atoms. The number of carbonyl (C=O) groups is 1. The molecule has 0 unspecified atom stereocenters. The summed E-state index contributed by atoms with van der Waals surface area (Å²) in [5.41, 5.74) is 2.36. The second-order valence-electron chi connectivity index (χ2n) is 6.20. The Labute approximate surface area is 129 Å². The highest BCUT2D eigenvalue weighted by atomic mass is 16.5. The van der Waals surface area contributed by atoms with Crippen LogP contribution >= 0.6 is 0 Å². The van der Waals surface area contributed by atoms with E-state index in [4.69, 9.17) is 4.74 Å². The number of anilines is 1. The highest BCUT2D eigenvalue weighted by molar-refractivity contribution is 5.95. The molecule has 2 amide bonds. The van der Waals surface area contributed by atoms with Gasteiger partial charge in [0.2, 0.25) is 0 Å². The van der Waals surface area contributed by atoms with Crippen LogP contribution < -0.4 is 15.0 Å². The molecule has 2 aromatic carbocycles. The fourth-order valence-electron chi connectivity index (χ4n) is 3.48. The van der Waals surface area contributed by atoms with Crippen molar-refractivity contribution in [1.29, 1.82) is 0 Å². The Morgan fingerprint density at radius 3 is 2.86 bits per heavy atom. The smallest absolute Gasteiger partial charge is 0.325 e. The standard InChI is InChI=1S/C18H18N2O2/c1-12-6-5-7-13(10-12)20-17(21)19-15-11-18(20,2)22-16-9-4-3-8-14(15)16/h3-10,15H,11H2,1-2H3,(H,19,21)/t15-,18+/m0/s1. The average molecular weight is 294 g/mol. The monoisotopic (exact) mass is 294 g/mol. The van der Waals surface area contributed by atoms with Crippen LogP contribution in [0.2, 0.25) is 0 Å². The normalized spacial score (nSPS) is 26.0. The van der Waals surface area contributed by atoms with Gasteiger partial charge in [-0.2, -0.15) is 0 Å². The van der Waals surface area contributed by atoms with Gasteiger partial charge in [-0.05, 0) is 37.6 Å². The number of nitrogens with zero attached hydrogens (tertiary/aromatic N) is 1. The number of fused-ring (bicyclic) bond motifs is 4. The third kappa shape index (κ3) is 1.87. The fraction of sp³-hybridized carbons (Fsp3) is 0.278. The zero-order chi connectivity index (χ0) is 15.3. The van der Waals surface area contributed by atoms with Gasteiger partial charge >= 0.3 is 6.03 Å². The van der Waals surface area contributed by atoms with Crippen molar-refractivity contribution in [3.05, 3.63) is 59.7 Å². The molecule has 1 fully saturated rings. The Kier molecular flexibility index (Phi) is 2.70. The van der Waals surface area contributed by atoms with E-state index >= 15 is 0 Å². The quantitative estimate of drug-likeness (QED) is 0.870. The number of urea groups is 1. The maximum Gasteiger partial charge on any atom is 0.325 e. The molecule has 4 heteroatoms. The van der Waals surface area contributed by atoms with Crippen molar-refractivity contribution in [2.45, 2.75) is 32.0 Å². The summed E-state index contributed by atoms with van der Waals surface area (Å²) in [7, 11) is 0. The van der Waals surface area contributed by atoms with Crippen LogP contribution in [0.3, 0.4) is 0 Å². The molecule has 4 nitrogen and oxygen atoms in total. The van der Waals surface area contributed by atoms with Gasteiger partial charge in [-0.15, -0.1) is 0 Å². The maximum absolute atomic E-state index is 12.7. The van der Waals surface area contributed by atoms with Crippen LogP contribution in [0.1, 0.15) is 30.5 Å². The molecule has 2 heterocycles. The van der Waals surface area contributed by atoms with Crippen molar-refractivity contribution < 1.29 is 9.53 Å². The number of para-hydroxylation sites is 1. The second-order valence-corrected chi connectivity index (χ2v) is 6.20. The molecule has 2 aliphatic rings. The molecule has 0 saturated carbocycles.